The Hall–Kier alpha value is -1.06. The van der Waals surface area contributed by atoms with Crippen molar-refractivity contribution in [3.63, 3.8) is 0 Å². The van der Waals surface area contributed by atoms with E-state index in [1.54, 1.807) is 0 Å². The third-order valence-electron chi connectivity index (χ3n) is 3.22. The van der Waals surface area contributed by atoms with Crippen LogP contribution in [-0.4, -0.2) is 31.8 Å². The van der Waals surface area contributed by atoms with Crippen molar-refractivity contribution in [3.8, 4) is 0 Å². The molecule has 3 heteroatoms. The lowest BCUT2D eigenvalue weighted by molar-refractivity contribution is 0.0293. The molecule has 1 aliphatic rings. The van der Waals surface area contributed by atoms with Crippen LogP contribution in [0.1, 0.15) is 19.8 Å². The van der Waals surface area contributed by atoms with Crippen LogP contribution in [0.25, 0.3) is 0 Å². The highest BCUT2D eigenvalue weighted by Gasteiger charge is 2.26. The molecule has 1 heterocycles. The zero-order valence-corrected chi connectivity index (χ0v) is 10.5. The van der Waals surface area contributed by atoms with Crippen LogP contribution in [0.15, 0.2) is 30.3 Å². The Kier molecular flexibility index (Phi) is 4.40. The highest BCUT2D eigenvalue weighted by atomic mass is 16.5. The number of hydrogen-bond acceptors (Lipinski definition) is 3. The molecule has 0 aliphatic carbocycles. The molecule has 1 unspecified atom stereocenters. The molecular formula is C14H22N2O. The van der Waals surface area contributed by atoms with Crippen molar-refractivity contribution in [2.24, 2.45) is 0 Å². The SMILES string of the molecule is CC1(NCCNc2ccccc2)CCCOC1. The minimum atomic E-state index is 0.163. The summed E-state index contributed by atoms with van der Waals surface area (Å²) in [4.78, 5) is 0. The molecule has 94 valence electrons. The second-order valence-electron chi connectivity index (χ2n) is 4.94. The quantitative estimate of drug-likeness (QED) is 0.767. The summed E-state index contributed by atoms with van der Waals surface area (Å²) in [5, 5.41) is 6.98. The number of ether oxygens (including phenoxy) is 1. The van der Waals surface area contributed by atoms with Gasteiger partial charge in [0.05, 0.1) is 6.61 Å². The lowest BCUT2D eigenvalue weighted by atomic mass is 9.95. The Bertz CT molecular complexity index is 320. The third-order valence-corrected chi connectivity index (χ3v) is 3.22. The monoisotopic (exact) mass is 234 g/mol. The first-order valence-electron chi connectivity index (χ1n) is 6.40. The predicted octanol–water partition coefficient (Wildman–Crippen LogP) is 2.26. The predicted molar refractivity (Wildman–Crippen MR) is 71.4 cm³/mol. The Labute approximate surface area is 104 Å². The van der Waals surface area contributed by atoms with Crippen molar-refractivity contribution in [2.45, 2.75) is 25.3 Å². The van der Waals surface area contributed by atoms with Gasteiger partial charge in [-0.25, -0.2) is 0 Å². The Morgan fingerprint density at radius 3 is 2.76 bits per heavy atom. The van der Waals surface area contributed by atoms with Gasteiger partial charge in [0.2, 0.25) is 0 Å². The van der Waals surface area contributed by atoms with E-state index in [-0.39, 0.29) is 5.54 Å². The van der Waals surface area contributed by atoms with Crippen LogP contribution in [-0.2, 0) is 4.74 Å². The smallest absolute Gasteiger partial charge is 0.0645 e. The number of benzene rings is 1. The molecule has 1 aliphatic heterocycles. The lowest BCUT2D eigenvalue weighted by Gasteiger charge is -2.34. The van der Waals surface area contributed by atoms with E-state index in [2.05, 4.69) is 29.7 Å². The summed E-state index contributed by atoms with van der Waals surface area (Å²) in [6, 6.07) is 10.3. The van der Waals surface area contributed by atoms with E-state index >= 15 is 0 Å². The van der Waals surface area contributed by atoms with Crippen LogP contribution in [0.3, 0.4) is 0 Å². The van der Waals surface area contributed by atoms with Gasteiger partial charge in [0.25, 0.3) is 0 Å². The molecule has 1 aromatic rings. The van der Waals surface area contributed by atoms with Gasteiger partial charge in [-0.2, -0.15) is 0 Å². The van der Waals surface area contributed by atoms with Gasteiger partial charge in [-0.15, -0.1) is 0 Å². The summed E-state index contributed by atoms with van der Waals surface area (Å²) in [6.07, 6.45) is 2.37. The Morgan fingerprint density at radius 2 is 2.06 bits per heavy atom. The van der Waals surface area contributed by atoms with E-state index in [1.807, 2.05) is 18.2 Å². The summed E-state index contributed by atoms with van der Waals surface area (Å²) >= 11 is 0. The number of hydrogen-bond donors (Lipinski definition) is 2. The topological polar surface area (TPSA) is 33.3 Å². The molecule has 3 nitrogen and oxygen atoms in total. The van der Waals surface area contributed by atoms with Crippen molar-refractivity contribution in [1.29, 1.82) is 0 Å². The number of anilines is 1. The van der Waals surface area contributed by atoms with Crippen LogP contribution in [0.5, 0.6) is 0 Å². The number of rotatable bonds is 5. The van der Waals surface area contributed by atoms with E-state index in [0.29, 0.717) is 0 Å². The summed E-state index contributed by atoms with van der Waals surface area (Å²) < 4.78 is 5.52. The molecule has 2 rings (SSSR count). The lowest BCUT2D eigenvalue weighted by Crippen LogP contribution is -2.50. The number of para-hydroxylation sites is 1. The second kappa shape index (κ2) is 6.03. The van der Waals surface area contributed by atoms with E-state index in [9.17, 15) is 0 Å². The van der Waals surface area contributed by atoms with E-state index in [0.717, 1.165) is 32.7 Å². The van der Waals surface area contributed by atoms with Gasteiger partial charge in [0.1, 0.15) is 0 Å². The van der Waals surface area contributed by atoms with Gasteiger partial charge in [-0.05, 0) is 31.9 Å². The highest BCUT2D eigenvalue weighted by Crippen LogP contribution is 2.17. The molecule has 0 radical (unpaired) electrons. The largest absolute Gasteiger partial charge is 0.384 e. The fraction of sp³-hybridized carbons (Fsp3) is 0.571. The molecule has 2 N–H and O–H groups in total. The summed E-state index contributed by atoms with van der Waals surface area (Å²) in [5.74, 6) is 0. The normalized spacial score (nSPS) is 24.5. The molecule has 0 aromatic heterocycles. The maximum absolute atomic E-state index is 5.52. The molecule has 0 saturated carbocycles. The van der Waals surface area contributed by atoms with Gasteiger partial charge >= 0.3 is 0 Å². The molecule has 1 atom stereocenters. The molecule has 1 saturated heterocycles. The van der Waals surface area contributed by atoms with Gasteiger partial charge in [-0.3, -0.25) is 0 Å². The third kappa shape index (κ3) is 4.02. The van der Waals surface area contributed by atoms with E-state index < -0.39 is 0 Å². The summed E-state index contributed by atoms with van der Waals surface area (Å²) in [6.45, 7) is 5.90. The van der Waals surface area contributed by atoms with Crippen LogP contribution >= 0.6 is 0 Å². The molecule has 1 aromatic carbocycles. The average Bonchev–Trinajstić information content (AvgIpc) is 2.37. The minimum absolute atomic E-state index is 0.163. The first kappa shape index (κ1) is 12.4. The van der Waals surface area contributed by atoms with Crippen LogP contribution in [0.2, 0.25) is 0 Å². The van der Waals surface area contributed by atoms with Crippen LogP contribution in [0, 0.1) is 0 Å². The van der Waals surface area contributed by atoms with Crippen molar-refractivity contribution in [1.82, 2.24) is 5.32 Å². The maximum Gasteiger partial charge on any atom is 0.0645 e. The van der Waals surface area contributed by atoms with Gasteiger partial charge in [0.15, 0.2) is 0 Å². The Balaban J connectivity index is 1.66. The molecule has 0 spiro atoms. The fourth-order valence-corrected chi connectivity index (χ4v) is 2.20. The first-order chi connectivity index (χ1) is 8.29. The van der Waals surface area contributed by atoms with Gasteiger partial charge in [0, 0.05) is 30.9 Å². The molecule has 17 heavy (non-hydrogen) atoms. The van der Waals surface area contributed by atoms with E-state index in [4.69, 9.17) is 4.74 Å². The van der Waals surface area contributed by atoms with Crippen molar-refractivity contribution in [3.05, 3.63) is 30.3 Å². The van der Waals surface area contributed by atoms with Crippen LogP contribution < -0.4 is 10.6 Å². The maximum atomic E-state index is 5.52. The molecular weight excluding hydrogens is 212 g/mol. The van der Waals surface area contributed by atoms with Crippen molar-refractivity contribution in [2.75, 3.05) is 31.6 Å². The van der Waals surface area contributed by atoms with Crippen molar-refractivity contribution >= 4 is 5.69 Å². The van der Waals surface area contributed by atoms with Gasteiger partial charge < -0.3 is 15.4 Å². The summed E-state index contributed by atoms with van der Waals surface area (Å²) in [5.41, 5.74) is 1.34. The fourth-order valence-electron chi connectivity index (χ4n) is 2.20. The second-order valence-corrected chi connectivity index (χ2v) is 4.94. The van der Waals surface area contributed by atoms with Crippen LogP contribution in [0.4, 0.5) is 5.69 Å². The van der Waals surface area contributed by atoms with Crippen molar-refractivity contribution < 1.29 is 4.74 Å². The Morgan fingerprint density at radius 1 is 1.24 bits per heavy atom. The zero-order chi connectivity index (χ0) is 12.0. The standard InChI is InChI=1S/C14H22N2O/c1-14(8-5-11-17-12-14)16-10-9-15-13-6-3-2-4-7-13/h2-4,6-7,15-16H,5,8-12H2,1H3. The minimum Gasteiger partial charge on any atom is -0.384 e. The highest BCUT2D eigenvalue weighted by molar-refractivity contribution is 5.42. The number of nitrogens with one attached hydrogen (secondary N) is 2. The zero-order valence-electron chi connectivity index (χ0n) is 10.5. The molecule has 0 amide bonds. The first-order valence-corrected chi connectivity index (χ1v) is 6.40. The molecule has 1 fully saturated rings. The molecule has 0 bridgehead atoms. The van der Waals surface area contributed by atoms with E-state index in [1.165, 1.54) is 12.1 Å². The average molecular weight is 234 g/mol. The van der Waals surface area contributed by atoms with Gasteiger partial charge in [-0.1, -0.05) is 18.2 Å². The summed E-state index contributed by atoms with van der Waals surface area (Å²) in [7, 11) is 0.